The fourth-order valence-corrected chi connectivity index (χ4v) is 5.12. The highest BCUT2D eigenvalue weighted by Gasteiger charge is 2.54. The second-order valence-electron chi connectivity index (χ2n) is 7.28. The van der Waals surface area contributed by atoms with E-state index in [9.17, 15) is 13.5 Å². The molecule has 0 amide bonds. The first kappa shape index (κ1) is 18.3. The van der Waals surface area contributed by atoms with Crippen molar-refractivity contribution in [2.24, 2.45) is 0 Å². The summed E-state index contributed by atoms with van der Waals surface area (Å²) in [6.07, 6.45) is 0.116. The second-order valence-corrected chi connectivity index (χ2v) is 8.85. The molecule has 0 aliphatic carbocycles. The Labute approximate surface area is 154 Å². The number of rotatable bonds is 4. The Bertz CT molecular complexity index is 731. The normalized spacial score (nSPS) is 35.5. The van der Waals surface area contributed by atoms with Crippen LogP contribution in [0.2, 0.25) is 0 Å². The Morgan fingerprint density at radius 1 is 1.15 bits per heavy atom. The average Bonchev–Trinajstić information content (AvgIpc) is 3.06. The molecule has 4 rings (SSSR count). The minimum absolute atomic E-state index is 0.0601. The molecule has 0 saturated carbocycles. The molecule has 26 heavy (non-hydrogen) atoms. The van der Waals surface area contributed by atoms with E-state index in [1.54, 1.807) is 12.1 Å². The van der Waals surface area contributed by atoms with Gasteiger partial charge in [-0.05, 0) is 45.0 Å². The molecule has 144 valence electrons. The summed E-state index contributed by atoms with van der Waals surface area (Å²) in [5.74, 6) is 0. The number of likely N-dealkylation sites (tertiary alicyclic amines) is 1. The van der Waals surface area contributed by atoms with Gasteiger partial charge >= 0.3 is 0 Å². The van der Waals surface area contributed by atoms with Crippen LogP contribution in [0.15, 0.2) is 29.2 Å². The molecule has 1 N–H and O–H groups in total. The SMILES string of the molecule is Cc1ccc(S(=O)(=O)O[C@@H]2[C@H]3OC[C@H](O3)[C@H](N3CCCCC3)[C@H]2O)cc1. The molecule has 3 aliphatic rings. The lowest BCUT2D eigenvalue weighted by Gasteiger charge is -2.44. The molecule has 0 spiro atoms. The van der Waals surface area contributed by atoms with Gasteiger partial charge in [0.1, 0.15) is 12.2 Å². The summed E-state index contributed by atoms with van der Waals surface area (Å²) in [5.41, 5.74) is 0.956. The van der Waals surface area contributed by atoms with Crippen molar-refractivity contribution >= 4 is 10.1 Å². The lowest BCUT2D eigenvalue weighted by Crippen LogP contribution is -2.62. The maximum atomic E-state index is 12.7. The number of hydrogen-bond donors (Lipinski definition) is 1. The molecule has 2 bridgehead atoms. The van der Waals surface area contributed by atoms with Crippen LogP contribution in [-0.2, 0) is 23.8 Å². The zero-order valence-electron chi connectivity index (χ0n) is 14.8. The van der Waals surface area contributed by atoms with Gasteiger partial charge in [0.25, 0.3) is 10.1 Å². The van der Waals surface area contributed by atoms with Gasteiger partial charge in [0, 0.05) is 0 Å². The first-order chi connectivity index (χ1) is 12.5. The summed E-state index contributed by atoms with van der Waals surface area (Å²) >= 11 is 0. The summed E-state index contributed by atoms with van der Waals surface area (Å²) < 4.78 is 42.1. The highest BCUT2D eigenvalue weighted by atomic mass is 32.2. The Balaban J connectivity index is 1.56. The smallest absolute Gasteiger partial charge is 0.297 e. The number of nitrogens with zero attached hydrogens (tertiary/aromatic N) is 1. The van der Waals surface area contributed by atoms with E-state index in [1.165, 1.54) is 18.6 Å². The van der Waals surface area contributed by atoms with Crippen LogP contribution in [0.5, 0.6) is 0 Å². The van der Waals surface area contributed by atoms with Crippen LogP contribution in [0.4, 0.5) is 0 Å². The van der Waals surface area contributed by atoms with Gasteiger partial charge in [-0.3, -0.25) is 9.08 Å². The molecule has 8 heteroatoms. The molecular formula is C18H25NO6S. The fraction of sp³-hybridized carbons (Fsp3) is 0.667. The van der Waals surface area contributed by atoms with Crippen molar-refractivity contribution in [3.8, 4) is 0 Å². The maximum Gasteiger partial charge on any atom is 0.297 e. The van der Waals surface area contributed by atoms with Crippen LogP contribution in [0.3, 0.4) is 0 Å². The Morgan fingerprint density at radius 3 is 2.54 bits per heavy atom. The van der Waals surface area contributed by atoms with Crippen molar-refractivity contribution < 1.29 is 27.2 Å². The van der Waals surface area contributed by atoms with Crippen molar-refractivity contribution in [2.45, 2.75) is 61.7 Å². The molecule has 3 saturated heterocycles. The summed E-state index contributed by atoms with van der Waals surface area (Å²) in [5, 5.41) is 10.9. The topological polar surface area (TPSA) is 85.3 Å². The number of fused-ring (bicyclic) bond motifs is 2. The fourth-order valence-electron chi connectivity index (χ4n) is 4.04. The third kappa shape index (κ3) is 3.42. The Morgan fingerprint density at radius 2 is 1.85 bits per heavy atom. The quantitative estimate of drug-likeness (QED) is 0.778. The van der Waals surface area contributed by atoms with Gasteiger partial charge in [0.2, 0.25) is 0 Å². The van der Waals surface area contributed by atoms with E-state index < -0.39 is 28.6 Å². The Kier molecular flexibility index (Phi) is 5.06. The zero-order valence-corrected chi connectivity index (χ0v) is 15.6. The van der Waals surface area contributed by atoms with Crippen molar-refractivity contribution in [3.63, 3.8) is 0 Å². The second kappa shape index (κ2) is 7.18. The number of aryl methyl sites for hydroxylation is 1. The van der Waals surface area contributed by atoms with Crippen LogP contribution in [0.25, 0.3) is 0 Å². The van der Waals surface area contributed by atoms with E-state index in [-0.39, 0.29) is 17.0 Å². The van der Waals surface area contributed by atoms with Crippen molar-refractivity contribution in [3.05, 3.63) is 29.8 Å². The van der Waals surface area contributed by atoms with E-state index in [0.29, 0.717) is 6.61 Å². The largest absolute Gasteiger partial charge is 0.388 e. The number of aliphatic hydroxyl groups is 1. The molecule has 3 aliphatic heterocycles. The summed E-state index contributed by atoms with van der Waals surface area (Å²) in [7, 11) is -4.03. The van der Waals surface area contributed by atoms with E-state index in [2.05, 4.69) is 4.90 Å². The highest BCUT2D eigenvalue weighted by Crippen LogP contribution is 2.35. The molecule has 7 nitrogen and oxygen atoms in total. The minimum Gasteiger partial charge on any atom is -0.388 e. The van der Waals surface area contributed by atoms with E-state index in [4.69, 9.17) is 13.7 Å². The van der Waals surface area contributed by atoms with Gasteiger partial charge in [-0.2, -0.15) is 8.42 Å². The molecule has 0 radical (unpaired) electrons. The summed E-state index contributed by atoms with van der Waals surface area (Å²) in [6.45, 7) is 3.95. The monoisotopic (exact) mass is 383 g/mol. The average molecular weight is 383 g/mol. The molecule has 5 atom stereocenters. The van der Waals surface area contributed by atoms with Gasteiger partial charge in [-0.15, -0.1) is 0 Å². The third-order valence-corrected chi connectivity index (χ3v) is 6.75. The van der Waals surface area contributed by atoms with Gasteiger partial charge in [0.05, 0.1) is 17.5 Å². The summed E-state index contributed by atoms with van der Waals surface area (Å²) in [4.78, 5) is 2.24. The van der Waals surface area contributed by atoms with Crippen LogP contribution in [-0.4, -0.2) is 68.8 Å². The van der Waals surface area contributed by atoms with E-state index in [0.717, 1.165) is 31.5 Å². The van der Waals surface area contributed by atoms with Gasteiger partial charge in [0.15, 0.2) is 12.4 Å². The van der Waals surface area contributed by atoms with Crippen molar-refractivity contribution in [1.82, 2.24) is 4.90 Å². The number of ether oxygens (including phenoxy) is 2. The molecule has 0 aromatic heterocycles. The maximum absolute atomic E-state index is 12.7. The van der Waals surface area contributed by atoms with Crippen molar-refractivity contribution in [2.75, 3.05) is 19.7 Å². The molecule has 3 fully saturated rings. The first-order valence-electron chi connectivity index (χ1n) is 9.15. The Hall–Kier alpha value is -1.03. The number of hydrogen-bond acceptors (Lipinski definition) is 7. The van der Waals surface area contributed by atoms with Crippen LogP contribution in [0, 0.1) is 6.92 Å². The van der Waals surface area contributed by atoms with Crippen molar-refractivity contribution in [1.29, 1.82) is 0 Å². The lowest BCUT2D eigenvalue weighted by atomic mass is 9.94. The van der Waals surface area contributed by atoms with E-state index >= 15 is 0 Å². The van der Waals surface area contributed by atoms with Crippen LogP contribution < -0.4 is 0 Å². The van der Waals surface area contributed by atoms with Gasteiger partial charge in [-0.1, -0.05) is 24.1 Å². The highest BCUT2D eigenvalue weighted by molar-refractivity contribution is 7.86. The number of aliphatic hydroxyl groups excluding tert-OH is 1. The van der Waals surface area contributed by atoms with E-state index in [1.807, 2.05) is 6.92 Å². The first-order valence-corrected chi connectivity index (χ1v) is 10.6. The standard InChI is InChI=1S/C18H25NO6S/c1-12-5-7-13(8-6-12)26(21,22)25-17-16(20)15(14-11-23-18(17)24-14)19-9-3-2-4-10-19/h5-8,14-18,20H,2-4,9-11H2,1H3/t14-,15-,16+,17-,18-/m0/s1. The van der Waals surface area contributed by atoms with Gasteiger partial charge < -0.3 is 14.6 Å². The number of piperidine rings is 1. The predicted molar refractivity (Wildman–Crippen MR) is 93.1 cm³/mol. The third-order valence-electron chi connectivity index (χ3n) is 5.43. The number of benzene rings is 1. The molecule has 1 aromatic carbocycles. The van der Waals surface area contributed by atoms with Crippen LogP contribution in [0.1, 0.15) is 24.8 Å². The molecule has 1 aromatic rings. The zero-order chi connectivity index (χ0) is 18.3. The minimum atomic E-state index is -4.03. The van der Waals surface area contributed by atoms with Gasteiger partial charge in [-0.25, -0.2) is 0 Å². The lowest BCUT2D eigenvalue weighted by molar-refractivity contribution is -0.208. The molecular weight excluding hydrogens is 358 g/mol. The van der Waals surface area contributed by atoms with Crippen LogP contribution >= 0.6 is 0 Å². The predicted octanol–water partition coefficient (Wildman–Crippen LogP) is 1.04. The molecule has 0 unspecified atom stereocenters. The molecule has 3 heterocycles. The summed E-state index contributed by atoms with van der Waals surface area (Å²) in [6, 6.07) is 6.11.